The topological polar surface area (TPSA) is 69.4 Å². The summed E-state index contributed by atoms with van der Waals surface area (Å²) in [6, 6.07) is 3.38. The average molecular weight is 311 g/mol. The molecule has 1 aromatic rings. The number of rotatable bonds is 4. The van der Waals surface area contributed by atoms with Gasteiger partial charge < -0.3 is 4.74 Å². The molecule has 2 N–H and O–H groups in total. The van der Waals surface area contributed by atoms with Crippen molar-refractivity contribution in [3.05, 3.63) is 34.9 Å². The van der Waals surface area contributed by atoms with Crippen molar-refractivity contribution in [3.63, 3.8) is 0 Å². The van der Waals surface area contributed by atoms with Gasteiger partial charge in [-0.3, -0.25) is 0 Å². The fourth-order valence-electron chi connectivity index (χ4n) is 1.97. The minimum Gasteiger partial charge on any atom is -0.489 e. The fraction of sp³-hybridized carbons (Fsp3) is 0.500. The van der Waals surface area contributed by atoms with Crippen molar-refractivity contribution in [1.82, 2.24) is 0 Å². The van der Waals surface area contributed by atoms with Gasteiger partial charge in [0.2, 0.25) is 10.0 Å². The van der Waals surface area contributed by atoms with Gasteiger partial charge in [-0.2, -0.15) is 0 Å². The highest BCUT2D eigenvalue weighted by Gasteiger charge is 2.23. The molecule has 0 aromatic heterocycles. The number of hydrogen-bond donors (Lipinski definition) is 1. The van der Waals surface area contributed by atoms with Crippen LogP contribution < -0.4 is 9.88 Å². The monoisotopic (exact) mass is 311 g/mol. The Hall–Kier alpha value is -1.33. The van der Waals surface area contributed by atoms with E-state index in [9.17, 15) is 8.42 Å². The zero-order chi connectivity index (χ0) is 16.4. The fourth-order valence-corrected chi connectivity index (χ4v) is 2.76. The van der Waals surface area contributed by atoms with E-state index in [4.69, 9.17) is 9.88 Å². The summed E-state index contributed by atoms with van der Waals surface area (Å²) in [6.07, 6.45) is 1.98. The van der Waals surface area contributed by atoms with Gasteiger partial charge in [0.1, 0.15) is 12.4 Å². The first kappa shape index (κ1) is 17.7. The second-order valence-electron chi connectivity index (χ2n) is 6.50. The molecule has 0 amide bonds. The molecule has 0 spiro atoms. The van der Waals surface area contributed by atoms with Crippen LogP contribution in [0.3, 0.4) is 0 Å². The molecule has 0 bridgehead atoms. The third-order valence-electron chi connectivity index (χ3n) is 3.12. The van der Waals surface area contributed by atoms with Crippen LogP contribution in [0.1, 0.15) is 45.7 Å². The SMILES string of the molecule is CC(C)=CCOc1cc(C)c(S(N)(=O)=O)cc1C(C)(C)C. The maximum Gasteiger partial charge on any atom is 0.238 e. The number of benzene rings is 1. The number of nitrogens with two attached hydrogens (primary N) is 1. The molecule has 1 rings (SSSR count). The molecule has 4 nitrogen and oxygen atoms in total. The molecular formula is C16H25NO3S. The minimum atomic E-state index is -3.73. The van der Waals surface area contributed by atoms with Crippen LogP contribution in [0.4, 0.5) is 0 Å². The molecule has 0 aliphatic rings. The summed E-state index contributed by atoms with van der Waals surface area (Å²) in [5.74, 6) is 0.699. The third kappa shape index (κ3) is 4.86. The maximum absolute atomic E-state index is 11.7. The number of sulfonamides is 1. The van der Waals surface area contributed by atoms with Crippen LogP contribution in [0.15, 0.2) is 28.7 Å². The van der Waals surface area contributed by atoms with E-state index in [1.165, 1.54) is 5.57 Å². The normalized spacial score (nSPS) is 12.1. The van der Waals surface area contributed by atoms with Crippen LogP contribution in [-0.4, -0.2) is 15.0 Å². The standard InChI is InChI=1S/C16H25NO3S/c1-11(2)7-8-20-14-9-12(3)15(21(17,18)19)10-13(14)16(4,5)6/h7,9-10H,8H2,1-6H3,(H2,17,18,19). The van der Waals surface area contributed by atoms with E-state index < -0.39 is 10.0 Å². The van der Waals surface area contributed by atoms with Gasteiger partial charge in [-0.1, -0.05) is 26.3 Å². The largest absolute Gasteiger partial charge is 0.489 e. The number of ether oxygens (including phenoxy) is 1. The Labute approximate surface area is 128 Å². The van der Waals surface area contributed by atoms with Gasteiger partial charge in [0.25, 0.3) is 0 Å². The van der Waals surface area contributed by atoms with Gasteiger partial charge in [0, 0.05) is 5.56 Å². The van der Waals surface area contributed by atoms with Crippen LogP contribution in [-0.2, 0) is 15.4 Å². The number of aryl methyl sites for hydroxylation is 1. The minimum absolute atomic E-state index is 0.155. The van der Waals surface area contributed by atoms with Crippen molar-refractivity contribution in [3.8, 4) is 5.75 Å². The molecule has 0 aliphatic carbocycles. The van der Waals surface area contributed by atoms with Gasteiger partial charge in [-0.15, -0.1) is 0 Å². The van der Waals surface area contributed by atoms with Crippen LogP contribution in [0, 0.1) is 6.92 Å². The molecule has 5 heteroatoms. The van der Waals surface area contributed by atoms with Crippen molar-refractivity contribution in [2.45, 2.75) is 51.9 Å². The Morgan fingerprint density at radius 3 is 2.29 bits per heavy atom. The predicted octanol–water partition coefficient (Wildman–Crippen LogP) is 3.28. The number of primary sulfonamides is 1. The summed E-state index contributed by atoms with van der Waals surface area (Å²) in [5.41, 5.74) is 2.36. The lowest BCUT2D eigenvalue weighted by Crippen LogP contribution is -2.18. The van der Waals surface area contributed by atoms with Crippen LogP contribution >= 0.6 is 0 Å². The van der Waals surface area contributed by atoms with E-state index in [0.29, 0.717) is 17.9 Å². The maximum atomic E-state index is 11.7. The van der Waals surface area contributed by atoms with E-state index in [1.807, 2.05) is 40.7 Å². The van der Waals surface area contributed by atoms with Crippen LogP contribution in [0.5, 0.6) is 5.75 Å². The summed E-state index contributed by atoms with van der Waals surface area (Å²) in [4.78, 5) is 0.155. The highest BCUT2D eigenvalue weighted by molar-refractivity contribution is 7.89. The summed E-state index contributed by atoms with van der Waals surface area (Å²) in [6.45, 7) is 12.2. The lowest BCUT2D eigenvalue weighted by molar-refractivity contribution is 0.349. The van der Waals surface area contributed by atoms with Gasteiger partial charge in [-0.25, -0.2) is 13.6 Å². The smallest absolute Gasteiger partial charge is 0.238 e. The number of hydrogen-bond acceptors (Lipinski definition) is 3. The molecule has 0 fully saturated rings. The van der Waals surface area contributed by atoms with Gasteiger partial charge in [-0.05, 0) is 50.0 Å². The zero-order valence-electron chi connectivity index (χ0n) is 13.6. The van der Waals surface area contributed by atoms with E-state index in [-0.39, 0.29) is 10.3 Å². The molecule has 0 aliphatic heterocycles. The van der Waals surface area contributed by atoms with Crippen LogP contribution in [0.25, 0.3) is 0 Å². The molecule has 0 radical (unpaired) electrons. The van der Waals surface area contributed by atoms with Gasteiger partial charge >= 0.3 is 0 Å². The Kier molecular flexibility index (Phi) is 5.23. The van der Waals surface area contributed by atoms with Crippen molar-refractivity contribution < 1.29 is 13.2 Å². The first-order valence-corrected chi connectivity index (χ1v) is 8.41. The molecule has 0 unspecified atom stereocenters. The molecule has 21 heavy (non-hydrogen) atoms. The Morgan fingerprint density at radius 2 is 1.86 bits per heavy atom. The molecule has 1 aromatic carbocycles. The van der Waals surface area contributed by atoms with Crippen molar-refractivity contribution in [2.24, 2.45) is 5.14 Å². The molecule has 0 saturated heterocycles. The van der Waals surface area contributed by atoms with Gasteiger partial charge in [0.05, 0.1) is 4.90 Å². The molecule has 0 saturated carbocycles. The Morgan fingerprint density at radius 1 is 1.29 bits per heavy atom. The van der Waals surface area contributed by atoms with Crippen molar-refractivity contribution in [2.75, 3.05) is 6.61 Å². The summed E-state index contributed by atoms with van der Waals surface area (Å²) in [5, 5.41) is 5.28. The summed E-state index contributed by atoms with van der Waals surface area (Å²) < 4.78 is 29.2. The summed E-state index contributed by atoms with van der Waals surface area (Å²) >= 11 is 0. The quantitative estimate of drug-likeness (QED) is 0.867. The second kappa shape index (κ2) is 6.20. The first-order chi connectivity index (χ1) is 9.43. The average Bonchev–Trinajstić information content (AvgIpc) is 2.24. The molecule has 0 heterocycles. The Bertz CT molecular complexity index is 649. The number of allylic oxidation sites excluding steroid dienone is 1. The second-order valence-corrected chi connectivity index (χ2v) is 8.03. The van der Waals surface area contributed by atoms with E-state index in [0.717, 1.165) is 5.56 Å². The van der Waals surface area contributed by atoms with Crippen molar-refractivity contribution >= 4 is 10.0 Å². The predicted molar refractivity (Wildman–Crippen MR) is 86.2 cm³/mol. The third-order valence-corrected chi connectivity index (χ3v) is 4.17. The molecule has 0 atom stereocenters. The first-order valence-electron chi connectivity index (χ1n) is 6.87. The van der Waals surface area contributed by atoms with Gasteiger partial charge in [0.15, 0.2) is 0 Å². The molecular weight excluding hydrogens is 286 g/mol. The highest BCUT2D eigenvalue weighted by atomic mass is 32.2. The highest BCUT2D eigenvalue weighted by Crippen LogP contribution is 2.35. The lowest BCUT2D eigenvalue weighted by atomic mass is 9.86. The van der Waals surface area contributed by atoms with E-state index in [2.05, 4.69) is 0 Å². The lowest BCUT2D eigenvalue weighted by Gasteiger charge is -2.24. The molecule has 118 valence electrons. The van der Waals surface area contributed by atoms with Crippen LogP contribution in [0.2, 0.25) is 0 Å². The Balaban J connectivity index is 3.37. The van der Waals surface area contributed by atoms with E-state index in [1.54, 1.807) is 19.1 Å². The zero-order valence-corrected chi connectivity index (χ0v) is 14.5. The van der Waals surface area contributed by atoms with Crippen molar-refractivity contribution in [1.29, 1.82) is 0 Å². The van der Waals surface area contributed by atoms with E-state index >= 15 is 0 Å². The summed E-state index contributed by atoms with van der Waals surface area (Å²) in [7, 11) is -3.73.